The molecule has 0 aliphatic heterocycles. The molecular formula is C10H12ClNO4S. The number of sulfonamides is 1. The average molecular weight is 278 g/mol. The molecule has 0 fully saturated rings. The van der Waals surface area contributed by atoms with Gasteiger partial charge >= 0.3 is 5.97 Å². The zero-order chi connectivity index (χ0) is 12.9. The van der Waals surface area contributed by atoms with Gasteiger partial charge in [0.2, 0.25) is 10.0 Å². The summed E-state index contributed by atoms with van der Waals surface area (Å²) in [5, 5.41) is -0.521. The number of carbonyl (C=O) groups excluding carboxylic acids is 1. The molecule has 0 bridgehead atoms. The second-order valence-electron chi connectivity index (χ2n) is 3.12. The van der Waals surface area contributed by atoms with Crippen LogP contribution in [0.15, 0.2) is 24.3 Å². The Hall–Kier alpha value is -1.27. The lowest BCUT2D eigenvalue weighted by Gasteiger charge is -2.06. The van der Waals surface area contributed by atoms with Crippen LogP contribution in [-0.2, 0) is 14.8 Å². The van der Waals surface area contributed by atoms with Gasteiger partial charge in [-0.1, -0.05) is 0 Å². The standard InChI is InChI=1S/C10H12ClNO4S/c1-2-16-10(13)8-3-5-9(6-4-8)12-17(14,15)7-11/h3-6,12H,2,7H2,1H3. The molecule has 17 heavy (non-hydrogen) atoms. The summed E-state index contributed by atoms with van der Waals surface area (Å²) in [5.74, 6) is -0.445. The molecule has 1 aromatic rings. The maximum Gasteiger partial charge on any atom is 0.338 e. The third-order valence-corrected chi connectivity index (χ3v) is 3.51. The summed E-state index contributed by atoms with van der Waals surface area (Å²) in [4.78, 5) is 11.3. The van der Waals surface area contributed by atoms with Crippen LogP contribution in [0.3, 0.4) is 0 Å². The predicted molar refractivity (Wildman–Crippen MR) is 65.7 cm³/mol. The molecule has 1 aromatic carbocycles. The first-order valence-electron chi connectivity index (χ1n) is 4.82. The number of nitrogens with one attached hydrogen (secondary N) is 1. The molecule has 0 saturated heterocycles. The van der Waals surface area contributed by atoms with Gasteiger partial charge in [0.25, 0.3) is 0 Å². The Morgan fingerprint density at radius 1 is 1.35 bits per heavy atom. The molecule has 0 saturated carbocycles. The van der Waals surface area contributed by atoms with Gasteiger partial charge in [-0.25, -0.2) is 13.2 Å². The number of benzene rings is 1. The molecule has 0 aliphatic carbocycles. The Morgan fingerprint density at radius 3 is 2.41 bits per heavy atom. The van der Waals surface area contributed by atoms with Crippen LogP contribution in [0.2, 0.25) is 0 Å². The number of ether oxygens (including phenoxy) is 1. The fourth-order valence-electron chi connectivity index (χ4n) is 1.10. The van der Waals surface area contributed by atoms with Crippen LogP contribution in [0.25, 0.3) is 0 Å². The van der Waals surface area contributed by atoms with Gasteiger partial charge in [0.1, 0.15) is 5.21 Å². The highest BCUT2D eigenvalue weighted by Crippen LogP contribution is 2.12. The van der Waals surface area contributed by atoms with Gasteiger partial charge in [0.15, 0.2) is 0 Å². The van der Waals surface area contributed by atoms with Crippen molar-refractivity contribution in [3.8, 4) is 0 Å². The van der Waals surface area contributed by atoms with Crippen molar-refractivity contribution in [1.29, 1.82) is 0 Å². The molecule has 0 amide bonds. The molecule has 94 valence electrons. The molecule has 0 unspecified atom stereocenters. The number of esters is 1. The summed E-state index contributed by atoms with van der Waals surface area (Å²) >= 11 is 5.24. The number of alkyl halides is 1. The van der Waals surface area contributed by atoms with Gasteiger partial charge in [0.05, 0.1) is 12.2 Å². The van der Waals surface area contributed by atoms with Crippen molar-refractivity contribution in [2.75, 3.05) is 16.5 Å². The minimum atomic E-state index is -3.52. The number of carbonyl (C=O) groups is 1. The van der Waals surface area contributed by atoms with Crippen molar-refractivity contribution < 1.29 is 17.9 Å². The van der Waals surface area contributed by atoms with E-state index < -0.39 is 21.2 Å². The lowest BCUT2D eigenvalue weighted by molar-refractivity contribution is 0.0526. The summed E-state index contributed by atoms with van der Waals surface area (Å²) in [7, 11) is -3.52. The number of anilines is 1. The van der Waals surface area contributed by atoms with E-state index in [0.717, 1.165) is 0 Å². The van der Waals surface area contributed by atoms with Gasteiger partial charge < -0.3 is 4.74 Å². The van der Waals surface area contributed by atoms with Crippen LogP contribution in [0.1, 0.15) is 17.3 Å². The quantitative estimate of drug-likeness (QED) is 0.658. The summed E-state index contributed by atoms with van der Waals surface area (Å²) in [5.41, 5.74) is 0.708. The zero-order valence-corrected chi connectivity index (χ0v) is 10.7. The highest BCUT2D eigenvalue weighted by molar-refractivity contribution is 7.93. The van der Waals surface area contributed by atoms with Crippen LogP contribution >= 0.6 is 11.6 Å². The molecule has 1 rings (SSSR count). The van der Waals surface area contributed by atoms with Gasteiger partial charge in [-0.05, 0) is 31.2 Å². The van der Waals surface area contributed by atoms with Crippen LogP contribution in [0.5, 0.6) is 0 Å². The van der Waals surface area contributed by atoms with Crippen molar-refractivity contribution in [1.82, 2.24) is 0 Å². The topological polar surface area (TPSA) is 72.5 Å². The number of rotatable bonds is 5. The molecule has 0 aliphatic rings. The molecule has 0 aromatic heterocycles. The second kappa shape index (κ2) is 5.88. The maximum absolute atomic E-state index is 11.3. The van der Waals surface area contributed by atoms with E-state index in [2.05, 4.69) is 4.72 Å². The molecule has 1 N–H and O–H groups in total. The number of hydrogen-bond acceptors (Lipinski definition) is 4. The Morgan fingerprint density at radius 2 is 1.94 bits per heavy atom. The first-order chi connectivity index (χ1) is 7.98. The van der Waals surface area contributed by atoms with Crippen LogP contribution in [0, 0.1) is 0 Å². The van der Waals surface area contributed by atoms with Gasteiger partial charge in [-0.15, -0.1) is 11.6 Å². The minimum absolute atomic E-state index is 0.291. The fraction of sp³-hybridized carbons (Fsp3) is 0.300. The van der Waals surface area contributed by atoms with E-state index in [1.54, 1.807) is 6.92 Å². The zero-order valence-electron chi connectivity index (χ0n) is 9.14. The Bertz CT molecular complexity index is 484. The molecule has 0 heterocycles. The lowest BCUT2D eigenvalue weighted by Crippen LogP contribution is -2.13. The van der Waals surface area contributed by atoms with E-state index in [1.165, 1.54) is 24.3 Å². The largest absolute Gasteiger partial charge is 0.462 e. The number of halogens is 1. The first kappa shape index (κ1) is 13.8. The summed E-state index contributed by atoms with van der Waals surface area (Å²) in [6.45, 7) is 2.00. The van der Waals surface area contributed by atoms with Gasteiger partial charge in [-0.2, -0.15) is 0 Å². The van der Waals surface area contributed by atoms with Crippen molar-refractivity contribution in [3.05, 3.63) is 29.8 Å². The van der Waals surface area contributed by atoms with Crippen LogP contribution in [0.4, 0.5) is 5.69 Å². The Kier molecular flexibility index (Phi) is 4.77. The summed E-state index contributed by atoms with van der Waals surface area (Å²) in [6, 6.07) is 5.89. The molecule has 0 spiro atoms. The third-order valence-electron chi connectivity index (χ3n) is 1.81. The summed E-state index contributed by atoms with van der Waals surface area (Å²) < 4.78 is 29.4. The van der Waals surface area contributed by atoms with Crippen LogP contribution in [-0.4, -0.2) is 26.2 Å². The van der Waals surface area contributed by atoms with E-state index >= 15 is 0 Å². The van der Waals surface area contributed by atoms with Crippen molar-refractivity contribution in [2.24, 2.45) is 0 Å². The molecule has 0 radical (unpaired) electrons. The average Bonchev–Trinajstić information content (AvgIpc) is 2.30. The maximum atomic E-state index is 11.3. The number of hydrogen-bond donors (Lipinski definition) is 1. The van der Waals surface area contributed by atoms with E-state index in [1.807, 2.05) is 0 Å². The van der Waals surface area contributed by atoms with E-state index in [0.29, 0.717) is 17.9 Å². The SMILES string of the molecule is CCOC(=O)c1ccc(NS(=O)(=O)CCl)cc1. The molecule has 7 heteroatoms. The highest BCUT2D eigenvalue weighted by Gasteiger charge is 2.09. The normalized spacial score (nSPS) is 10.9. The Labute approximate surface area is 105 Å². The van der Waals surface area contributed by atoms with Crippen molar-refractivity contribution >= 4 is 33.3 Å². The van der Waals surface area contributed by atoms with Crippen molar-refractivity contribution in [3.63, 3.8) is 0 Å². The smallest absolute Gasteiger partial charge is 0.338 e. The molecular weight excluding hydrogens is 266 g/mol. The van der Waals surface area contributed by atoms with E-state index in [-0.39, 0.29) is 0 Å². The predicted octanol–water partition coefficient (Wildman–Crippen LogP) is 1.80. The van der Waals surface area contributed by atoms with E-state index in [9.17, 15) is 13.2 Å². The van der Waals surface area contributed by atoms with E-state index in [4.69, 9.17) is 16.3 Å². The molecule has 0 atom stereocenters. The molecule has 5 nitrogen and oxygen atoms in total. The van der Waals surface area contributed by atoms with Gasteiger partial charge in [0, 0.05) is 5.69 Å². The fourth-order valence-corrected chi connectivity index (χ4v) is 1.81. The van der Waals surface area contributed by atoms with Crippen LogP contribution < -0.4 is 4.72 Å². The first-order valence-corrected chi connectivity index (χ1v) is 7.01. The monoisotopic (exact) mass is 277 g/mol. The lowest BCUT2D eigenvalue weighted by atomic mass is 10.2. The second-order valence-corrected chi connectivity index (χ2v) is 5.43. The Balaban J connectivity index is 2.78. The summed E-state index contributed by atoms with van der Waals surface area (Å²) in [6.07, 6.45) is 0. The minimum Gasteiger partial charge on any atom is -0.462 e. The van der Waals surface area contributed by atoms with Crippen molar-refractivity contribution in [2.45, 2.75) is 6.92 Å². The van der Waals surface area contributed by atoms with Gasteiger partial charge in [-0.3, -0.25) is 4.72 Å². The highest BCUT2D eigenvalue weighted by atomic mass is 35.5. The third kappa shape index (κ3) is 4.24.